The minimum Gasteiger partial charge on any atom is -0.466 e. The van der Waals surface area contributed by atoms with Crippen molar-refractivity contribution in [1.82, 2.24) is 15.1 Å². The number of methoxy groups -OCH3 is 1. The van der Waals surface area contributed by atoms with E-state index in [0.717, 1.165) is 14.0 Å². The Morgan fingerprint density at radius 3 is 2.52 bits per heavy atom. The van der Waals surface area contributed by atoms with Crippen LogP contribution in [0.25, 0.3) is 11.4 Å². The molecule has 0 saturated carbocycles. The number of nitrogen functional groups attached to an aromatic ring is 1. The highest BCUT2D eigenvalue weighted by Gasteiger charge is 2.27. The number of halogens is 1. The molecule has 0 spiro atoms. The highest BCUT2D eigenvalue weighted by molar-refractivity contribution is 7.85. The molecule has 0 aliphatic carbocycles. The molecule has 0 saturated heterocycles. The molecule has 148 valence electrons. The molecule has 0 radical (unpaired) electrons. The Balaban J connectivity index is 0.000000387. The number of hydrogen-bond donors (Lipinski definition) is 3. The first kappa shape index (κ1) is 22.3. The van der Waals surface area contributed by atoms with E-state index >= 15 is 0 Å². The van der Waals surface area contributed by atoms with E-state index in [1.165, 1.54) is 17.1 Å². The fraction of sp³-hybridized carbons (Fsp3) is 0.357. The van der Waals surface area contributed by atoms with Gasteiger partial charge in [0.15, 0.2) is 18.6 Å². The minimum absolute atomic E-state index is 0.0664. The second kappa shape index (κ2) is 9.25. The molecular formula is C14H20FN6O5S+. The van der Waals surface area contributed by atoms with Crippen LogP contribution >= 0.6 is 0 Å². The summed E-state index contributed by atoms with van der Waals surface area (Å²) in [6.45, 7) is 0.996. The normalized spacial score (nSPS) is 13.1. The zero-order valence-corrected chi connectivity index (χ0v) is 15.4. The number of aryl methyl sites for hydroxylation is 1. The van der Waals surface area contributed by atoms with E-state index in [0.29, 0.717) is 17.2 Å². The predicted molar refractivity (Wildman–Crippen MR) is 92.0 cm³/mol. The van der Waals surface area contributed by atoms with Crippen molar-refractivity contribution >= 4 is 21.9 Å². The maximum atomic E-state index is 12.1. The topological polar surface area (TPSA) is 175 Å². The van der Waals surface area contributed by atoms with Gasteiger partial charge in [-0.15, -0.1) is 0 Å². The lowest BCUT2D eigenvalue weighted by Gasteiger charge is -2.08. The molecule has 0 fully saturated rings. The molecule has 11 nitrogen and oxygen atoms in total. The molecule has 1 unspecified atom stereocenters. The van der Waals surface area contributed by atoms with Gasteiger partial charge in [-0.2, -0.15) is 8.42 Å². The molecule has 0 aliphatic heterocycles. The van der Waals surface area contributed by atoms with Crippen molar-refractivity contribution < 1.29 is 31.6 Å². The van der Waals surface area contributed by atoms with Crippen molar-refractivity contribution in [1.29, 1.82) is 0 Å². The van der Waals surface area contributed by atoms with Gasteiger partial charge >= 0.3 is 5.97 Å². The number of anilines is 1. The Hall–Kier alpha value is -2.77. The van der Waals surface area contributed by atoms with Gasteiger partial charge in [0, 0.05) is 17.8 Å². The van der Waals surface area contributed by atoms with Crippen LogP contribution in [0.3, 0.4) is 0 Å². The molecule has 0 amide bonds. The van der Waals surface area contributed by atoms with Crippen LogP contribution in [0.4, 0.5) is 10.2 Å². The van der Waals surface area contributed by atoms with Gasteiger partial charge in [-0.05, 0) is 18.1 Å². The summed E-state index contributed by atoms with van der Waals surface area (Å²) in [5, 5.41) is 4.01. The van der Waals surface area contributed by atoms with Gasteiger partial charge in [-0.1, -0.05) is 4.68 Å². The monoisotopic (exact) mass is 403 g/mol. The molecule has 2 aromatic heterocycles. The Morgan fingerprint density at radius 1 is 1.44 bits per heavy atom. The number of aromatic nitrogens is 4. The summed E-state index contributed by atoms with van der Waals surface area (Å²) < 4.78 is 47.3. The van der Waals surface area contributed by atoms with Gasteiger partial charge in [0.25, 0.3) is 15.9 Å². The predicted octanol–water partition coefficient (Wildman–Crippen LogP) is -0.900. The zero-order valence-electron chi connectivity index (χ0n) is 14.6. The summed E-state index contributed by atoms with van der Waals surface area (Å²) in [5.41, 5.74) is 10.9. The van der Waals surface area contributed by atoms with Crippen molar-refractivity contribution in [2.45, 2.75) is 19.3 Å². The van der Waals surface area contributed by atoms with Crippen LogP contribution < -0.4 is 16.1 Å². The first-order valence-electron chi connectivity index (χ1n) is 7.38. The quantitative estimate of drug-likeness (QED) is 0.245. The maximum Gasteiger partial charge on any atom is 0.358 e. The first-order valence-corrected chi connectivity index (χ1v) is 8.99. The van der Waals surface area contributed by atoms with Crippen LogP contribution in [0.5, 0.6) is 0 Å². The standard InChI is InChI=1S/C10H11N5O3S.C4H8FNO2/c11-9-1-3-12-10(14-9)8-2-4-15(13-7-8)5-6-19(16,17)18;1-4(5,6)3(7)8-2/h1-4,7H,5-6H2,(H2-,11,12,14,16,17,18);6H2,1-2H3/p+1. The fourth-order valence-corrected chi connectivity index (χ4v) is 1.99. The van der Waals surface area contributed by atoms with Crippen molar-refractivity contribution in [2.24, 2.45) is 5.73 Å². The summed E-state index contributed by atoms with van der Waals surface area (Å²) in [7, 11) is -2.92. The van der Waals surface area contributed by atoms with E-state index in [4.69, 9.17) is 10.3 Å². The Kier molecular flexibility index (Phi) is 7.63. The third-order valence-corrected chi connectivity index (χ3v) is 3.57. The molecule has 2 rings (SSSR count). The van der Waals surface area contributed by atoms with Crippen molar-refractivity contribution in [3.05, 3.63) is 30.7 Å². The van der Waals surface area contributed by atoms with Crippen molar-refractivity contribution in [2.75, 3.05) is 18.6 Å². The number of alkyl halides is 1. The SMILES string of the molecule is COC(=O)C(C)(N)F.Nc1ccnc(-c2cc[n+](CCS(=O)(=O)O)nc2)n1. The molecule has 0 bridgehead atoms. The summed E-state index contributed by atoms with van der Waals surface area (Å²) in [6, 6.07) is 3.26. The van der Waals surface area contributed by atoms with E-state index in [2.05, 4.69) is 25.5 Å². The number of carbonyl (C=O) groups excluding carboxylic acids is 1. The smallest absolute Gasteiger partial charge is 0.358 e. The highest BCUT2D eigenvalue weighted by atomic mass is 32.2. The Bertz CT molecular complexity index is 870. The van der Waals surface area contributed by atoms with Crippen LogP contribution in [-0.2, 0) is 26.2 Å². The molecule has 0 aromatic carbocycles. The van der Waals surface area contributed by atoms with E-state index in [-0.39, 0.29) is 6.54 Å². The minimum atomic E-state index is -3.99. The Labute approximate surface area is 154 Å². The van der Waals surface area contributed by atoms with E-state index in [9.17, 15) is 17.6 Å². The molecule has 27 heavy (non-hydrogen) atoms. The van der Waals surface area contributed by atoms with Crippen LogP contribution in [0.2, 0.25) is 0 Å². The van der Waals surface area contributed by atoms with Gasteiger partial charge in [-0.25, -0.2) is 19.2 Å². The van der Waals surface area contributed by atoms with E-state index in [1.807, 2.05) is 0 Å². The largest absolute Gasteiger partial charge is 0.466 e. The average Bonchev–Trinajstić information content (AvgIpc) is 2.59. The number of rotatable bonds is 5. The van der Waals surface area contributed by atoms with Gasteiger partial charge in [0.2, 0.25) is 0 Å². The van der Waals surface area contributed by atoms with Crippen LogP contribution in [0.15, 0.2) is 30.7 Å². The van der Waals surface area contributed by atoms with Gasteiger partial charge < -0.3 is 10.5 Å². The fourth-order valence-electron chi connectivity index (χ4n) is 1.57. The first-order chi connectivity index (χ1) is 12.4. The lowest BCUT2D eigenvalue weighted by atomic mass is 10.3. The molecule has 13 heteroatoms. The molecular weight excluding hydrogens is 383 g/mol. The lowest BCUT2D eigenvalue weighted by molar-refractivity contribution is -0.750. The zero-order chi connectivity index (χ0) is 20.7. The van der Waals surface area contributed by atoms with Crippen LogP contribution in [0, 0.1) is 0 Å². The number of hydrogen-bond acceptors (Lipinski definition) is 9. The van der Waals surface area contributed by atoms with Crippen molar-refractivity contribution in [3.8, 4) is 11.4 Å². The third-order valence-electron chi connectivity index (χ3n) is 2.87. The molecule has 2 heterocycles. The second-order valence-corrected chi connectivity index (χ2v) is 6.91. The number of nitrogens with zero attached hydrogens (tertiary/aromatic N) is 4. The lowest BCUT2D eigenvalue weighted by Crippen LogP contribution is -2.40. The number of esters is 1. The maximum absolute atomic E-state index is 12.1. The van der Waals surface area contributed by atoms with Crippen LogP contribution in [-0.4, -0.2) is 52.7 Å². The number of ether oxygens (including phenoxy) is 1. The van der Waals surface area contributed by atoms with Gasteiger partial charge in [0.1, 0.15) is 17.8 Å². The summed E-state index contributed by atoms with van der Waals surface area (Å²) in [6.07, 6.45) is 4.61. The molecule has 0 aliphatic rings. The number of carbonyl (C=O) groups is 1. The molecule has 1 atom stereocenters. The number of nitrogens with two attached hydrogens (primary N) is 2. The summed E-state index contributed by atoms with van der Waals surface area (Å²) in [4.78, 5) is 18.2. The second-order valence-electron chi connectivity index (χ2n) is 5.34. The third kappa shape index (κ3) is 8.44. The van der Waals surface area contributed by atoms with Crippen molar-refractivity contribution in [3.63, 3.8) is 0 Å². The summed E-state index contributed by atoms with van der Waals surface area (Å²) >= 11 is 0. The highest BCUT2D eigenvalue weighted by Crippen LogP contribution is 2.11. The van der Waals surface area contributed by atoms with E-state index < -0.39 is 27.6 Å². The molecule has 2 aromatic rings. The average molecular weight is 403 g/mol. The van der Waals surface area contributed by atoms with Gasteiger partial charge in [0.05, 0.1) is 7.11 Å². The van der Waals surface area contributed by atoms with Crippen LogP contribution in [0.1, 0.15) is 6.92 Å². The van der Waals surface area contributed by atoms with Gasteiger partial charge in [-0.3, -0.25) is 10.3 Å². The van der Waals surface area contributed by atoms with E-state index in [1.54, 1.807) is 18.3 Å². The molecule has 5 N–H and O–H groups in total. The Morgan fingerprint density at radius 2 is 2.11 bits per heavy atom. The summed E-state index contributed by atoms with van der Waals surface area (Å²) in [5.74, 6) is -3.01.